The van der Waals surface area contributed by atoms with Crippen molar-refractivity contribution in [3.63, 3.8) is 0 Å². The number of likely N-dealkylation sites (N-methyl/N-ethyl adjacent to an activating group) is 2. The molecule has 0 aliphatic rings. The Morgan fingerprint density at radius 1 is 0.824 bits per heavy atom. The van der Waals surface area contributed by atoms with Gasteiger partial charge in [0.25, 0.3) is 0 Å². The number of hydrogen-bond acceptors (Lipinski definition) is 2. The van der Waals surface area contributed by atoms with Gasteiger partial charge in [-0.1, -0.05) is 0 Å². The van der Waals surface area contributed by atoms with Crippen LogP contribution in [-0.4, -0.2) is 85.5 Å². The van der Waals surface area contributed by atoms with Crippen LogP contribution in [0.25, 0.3) is 0 Å². The van der Waals surface area contributed by atoms with E-state index in [-0.39, 0.29) is 13.1 Å². The van der Waals surface area contributed by atoms with Crippen molar-refractivity contribution in [2.75, 3.05) is 54.4 Å². The number of carboxylic acids is 2. The summed E-state index contributed by atoms with van der Waals surface area (Å²) in [5, 5.41) is 17.5. The van der Waals surface area contributed by atoms with Crippen LogP contribution in [0.1, 0.15) is 6.42 Å². The monoisotopic (exact) mass is 248 g/mol. The second kappa shape index (κ2) is 5.97. The maximum absolute atomic E-state index is 10.6. The Balaban J connectivity index is 4.05. The number of nitrogens with zero attached hydrogens (tertiary/aromatic N) is 2. The number of hydrogen-bond donors (Lipinski definition) is 2. The Morgan fingerprint density at radius 2 is 1.12 bits per heavy atom. The topological polar surface area (TPSA) is 74.6 Å². The highest BCUT2D eigenvalue weighted by Gasteiger charge is 2.23. The molecule has 0 aromatic rings. The molecular weight excluding hydrogens is 224 g/mol. The second-order valence-electron chi connectivity index (χ2n) is 5.78. The minimum atomic E-state index is -0.811. The lowest BCUT2D eigenvalue weighted by Crippen LogP contribution is -2.48. The lowest BCUT2D eigenvalue weighted by molar-refractivity contribution is -0.902. The smallest absolute Gasteiger partial charge is 0.359 e. The SMILES string of the molecule is C[N+](C)(CCC[N+](C)(C)CC(=O)O)CC(=O)O. The maximum Gasteiger partial charge on any atom is 0.359 e. The Hall–Kier alpha value is -1.14. The number of aliphatic carboxylic acids is 2. The number of carbonyl (C=O) groups is 2. The molecule has 0 rings (SSSR count). The average Bonchev–Trinajstić information content (AvgIpc) is 1.96. The van der Waals surface area contributed by atoms with Gasteiger partial charge in [-0.15, -0.1) is 0 Å². The largest absolute Gasteiger partial charge is 0.477 e. The zero-order valence-corrected chi connectivity index (χ0v) is 11.1. The van der Waals surface area contributed by atoms with Gasteiger partial charge in [-0.25, -0.2) is 9.59 Å². The third kappa shape index (κ3) is 8.65. The molecular formula is C11H24N2O4+2. The first-order valence-electron chi connectivity index (χ1n) is 5.62. The Morgan fingerprint density at radius 3 is 1.35 bits per heavy atom. The lowest BCUT2D eigenvalue weighted by atomic mass is 10.3. The number of rotatable bonds is 8. The first-order chi connectivity index (χ1) is 7.54. The molecule has 0 saturated heterocycles. The molecule has 0 aromatic carbocycles. The van der Waals surface area contributed by atoms with Crippen molar-refractivity contribution < 1.29 is 28.8 Å². The van der Waals surface area contributed by atoms with E-state index in [2.05, 4.69) is 0 Å². The van der Waals surface area contributed by atoms with Crippen molar-refractivity contribution in [2.45, 2.75) is 6.42 Å². The summed E-state index contributed by atoms with van der Waals surface area (Å²) in [6.07, 6.45) is 0.806. The van der Waals surface area contributed by atoms with Crippen molar-refractivity contribution in [1.29, 1.82) is 0 Å². The highest BCUT2D eigenvalue weighted by atomic mass is 16.4. The first kappa shape index (κ1) is 15.9. The van der Waals surface area contributed by atoms with Gasteiger partial charge < -0.3 is 19.2 Å². The van der Waals surface area contributed by atoms with Crippen molar-refractivity contribution in [2.24, 2.45) is 0 Å². The predicted molar refractivity (Wildman–Crippen MR) is 63.6 cm³/mol. The van der Waals surface area contributed by atoms with Crippen molar-refractivity contribution in [1.82, 2.24) is 0 Å². The quantitative estimate of drug-likeness (QED) is 0.578. The summed E-state index contributed by atoms with van der Waals surface area (Å²) in [5.74, 6) is -1.62. The summed E-state index contributed by atoms with van der Waals surface area (Å²) in [5.41, 5.74) is 0. The van der Waals surface area contributed by atoms with Gasteiger partial charge in [0.05, 0.1) is 41.3 Å². The molecule has 0 fully saturated rings. The fourth-order valence-corrected chi connectivity index (χ4v) is 1.82. The van der Waals surface area contributed by atoms with E-state index in [1.165, 1.54) is 0 Å². The Labute approximate surface area is 102 Å². The fraction of sp³-hybridized carbons (Fsp3) is 0.818. The summed E-state index contributed by atoms with van der Waals surface area (Å²) in [7, 11) is 7.47. The molecule has 0 aliphatic heterocycles. The molecule has 0 unspecified atom stereocenters. The Kier molecular flexibility index (Phi) is 5.57. The Bertz CT molecular complexity index is 259. The van der Waals surface area contributed by atoms with Gasteiger partial charge in [-0.3, -0.25) is 0 Å². The first-order valence-corrected chi connectivity index (χ1v) is 5.62. The third-order valence-corrected chi connectivity index (χ3v) is 2.65. The molecule has 0 saturated carbocycles. The zero-order valence-electron chi connectivity index (χ0n) is 11.1. The number of quaternary nitrogens is 2. The molecule has 0 aromatic heterocycles. The highest BCUT2D eigenvalue weighted by Crippen LogP contribution is 2.04. The van der Waals surface area contributed by atoms with Crippen LogP contribution in [0.3, 0.4) is 0 Å². The minimum Gasteiger partial charge on any atom is -0.477 e. The van der Waals surface area contributed by atoms with Crippen molar-refractivity contribution >= 4 is 11.9 Å². The van der Waals surface area contributed by atoms with Crippen LogP contribution in [0, 0.1) is 0 Å². The summed E-state index contributed by atoms with van der Waals surface area (Å²) in [6, 6.07) is 0. The molecule has 0 bridgehead atoms. The van der Waals surface area contributed by atoms with Crippen LogP contribution in [0.5, 0.6) is 0 Å². The third-order valence-electron chi connectivity index (χ3n) is 2.65. The van der Waals surface area contributed by atoms with Crippen LogP contribution in [0.15, 0.2) is 0 Å². The fourth-order valence-electron chi connectivity index (χ4n) is 1.82. The predicted octanol–water partition coefficient (Wildman–Crippen LogP) is -0.301. The van der Waals surface area contributed by atoms with Gasteiger partial charge in [-0.05, 0) is 0 Å². The van der Waals surface area contributed by atoms with Gasteiger partial charge in [0.15, 0.2) is 13.1 Å². The van der Waals surface area contributed by atoms with Crippen LogP contribution < -0.4 is 0 Å². The van der Waals surface area contributed by atoms with Gasteiger partial charge in [0.2, 0.25) is 0 Å². The molecule has 0 atom stereocenters. The average molecular weight is 248 g/mol. The molecule has 6 nitrogen and oxygen atoms in total. The standard InChI is InChI=1S/C11H22N2O4/c1-12(2,8-10(14)15)6-5-7-13(3,4)9-11(16)17/h5-9H2,1-4H3/p+2. The van der Waals surface area contributed by atoms with Gasteiger partial charge in [0, 0.05) is 6.42 Å². The van der Waals surface area contributed by atoms with E-state index in [1.54, 1.807) is 0 Å². The molecule has 6 heteroatoms. The van der Waals surface area contributed by atoms with Crippen LogP contribution in [-0.2, 0) is 9.59 Å². The van der Waals surface area contributed by atoms with E-state index in [9.17, 15) is 9.59 Å². The van der Waals surface area contributed by atoms with Crippen molar-refractivity contribution in [3.05, 3.63) is 0 Å². The minimum absolute atomic E-state index is 0.0896. The molecule has 17 heavy (non-hydrogen) atoms. The molecule has 0 radical (unpaired) electrons. The van der Waals surface area contributed by atoms with E-state index >= 15 is 0 Å². The maximum atomic E-state index is 10.6. The number of carboxylic acid groups (broad SMARTS) is 2. The van der Waals surface area contributed by atoms with E-state index in [0.29, 0.717) is 8.97 Å². The highest BCUT2D eigenvalue weighted by molar-refractivity contribution is 5.68. The van der Waals surface area contributed by atoms with Crippen LogP contribution in [0.4, 0.5) is 0 Å². The zero-order chi connectivity index (χ0) is 13.7. The molecule has 2 N–H and O–H groups in total. The molecule has 0 spiro atoms. The normalized spacial score (nSPS) is 12.5. The van der Waals surface area contributed by atoms with Crippen LogP contribution >= 0.6 is 0 Å². The van der Waals surface area contributed by atoms with E-state index in [1.807, 2.05) is 28.2 Å². The van der Waals surface area contributed by atoms with E-state index in [4.69, 9.17) is 10.2 Å². The summed E-state index contributed by atoms with van der Waals surface area (Å²) < 4.78 is 0.838. The molecule has 0 heterocycles. The van der Waals surface area contributed by atoms with Crippen molar-refractivity contribution in [3.8, 4) is 0 Å². The van der Waals surface area contributed by atoms with Gasteiger partial charge in [-0.2, -0.15) is 0 Å². The molecule has 0 aliphatic carbocycles. The van der Waals surface area contributed by atoms with E-state index < -0.39 is 11.9 Å². The van der Waals surface area contributed by atoms with Crippen LogP contribution in [0.2, 0.25) is 0 Å². The second-order valence-corrected chi connectivity index (χ2v) is 5.78. The summed E-state index contributed by atoms with van der Waals surface area (Å²) >= 11 is 0. The van der Waals surface area contributed by atoms with Gasteiger partial charge in [0.1, 0.15) is 0 Å². The summed E-state index contributed by atoms with van der Waals surface area (Å²) in [6.45, 7) is 1.64. The summed E-state index contributed by atoms with van der Waals surface area (Å²) in [4.78, 5) is 21.2. The molecule has 100 valence electrons. The van der Waals surface area contributed by atoms with E-state index in [0.717, 1.165) is 19.5 Å². The lowest BCUT2D eigenvalue weighted by Gasteiger charge is -2.31. The van der Waals surface area contributed by atoms with Gasteiger partial charge >= 0.3 is 11.9 Å². The molecule has 0 amide bonds.